The number of fused-ring (bicyclic) bond motifs is 1. The van der Waals surface area contributed by atoms with Gasteiger partial charge in [-0.1, -0.05) is 11.6 Å². The summed E-state index contributed by atoms with van der Waals surface area (Å²) in [4.78, 5) is 40.3. The lowest BCUT2D eigenvalue weighted by atomic mass is 9.85. The van der Waals surface area contributed by atoms with Gasteiger partial charge in [0.25, 0.3) is 5.91 Å². The minimum absolute atomic E-state index is 0.0864. The highest BCUT2D eigenvalue weighted by Gasteiger charge is 2.41. The largest absolute Gasteiger partial charge is 0.416 e. The van der Waals surface area contributed by atoms with E-state index < -0.39 is 35.4 Å². The maximum absolute atomic E-state index is 14.6. The summed E-state index contributed by atoms with van der Waals surface area (Å²) in [6.45, 7) is 1.22. The van der Waals surface area contributed by atoms with Gasteiger partial charge in [-0.05, 0) is 85.3 Å². The van der Waals surface area contributed by atoms with Gasteiger partial charge in [0, 0.05) is 30.1 Å². The van der Waals surface area contributed by atoms with E-state index >= 15 is 0 Å². The highest BCUT2D eigenvalue weighted by Crippen LogP contribution is 2.39. The Hall–Kier alpha value is -2.98. The molecule has 2 saturated heterocycles. The number of hydrogen-bond donors (Lipinski definition) is 1. The number of hydrogen-bond acceptors (Lipinski definition) is 4. The number of nitrogens with one attached hydrogen (secondary N) is 1. The van der Waals surface area contributed by atoms with Crippen molar-refractivity contribution in [3.8, 4) is 0 Å². The van der Waals surface area contributed by atoms with E-state index in [4.69, 9.17) is 11.6 Å². The van der Waals surface area contributed by atoms with Crippen molar-refractivity contribution in [3.63, 3.8) is 0 Å². The molecular formula is C26H24ClF4N3O3. The van der Waals surface area contributed by atoms with Crippen LogP contribution in [0.5, 0.6) is 0 Å². The Kier molecular flexibility index (Phi) is 6.74. The number of imide groups is 1. The third-order valence-electron chi connectivity index (χ3n) is 7.45. The molecule has 5 rings (SSSR count). The first-order chi connectivity index (χ1) is 17.5. The summed E-state index contributed by atoms with van der Waals surface area (Å²) in [7, 11) is 0. The molecule has 6 nitrogen and oxygen atoms in total. The van der Waals surface area contributed by atoms with Crippen molar-refractivity contribution in [2.24, 2.45) is 0 Å². The second-order valence-electron chi connectivity index (χ2n) is 9.77. The van der Waals surface area contributed by atoms with Crippen molar-refractivity contribution in [1.29, 1.82) is 0 Å². The van der Waals surface area contributed by atoms with Crippen LogP contribution in [0, 0.1) is 5.82 Å². The molecule has 2 aromatic carbocycles. The maximum Gasteiger partial charge on any atom is 0.416 e. The van der Waals surface area contributed by atoms with Gasteiger partial charge < -0.3 is 4.90 Å². The van der Waals surface area contributed by atoms with Gasteiger partial charge in [-0.25, -0.2) is 4.39 Å². The number of rotatable bonds is 4. The van der Waals surface area contributed by atoms with Gasteiger partial charge in [0.2, 0.25) is 11.8 Å². The Balaban J connectivity index is 1.32. The monoisotopic (exact) mass is 537 g/mol. The van der Waals surface area contributed by atoms with Crippen molar-refractivity contribution in [2.75, 3.05) is 13.1 Å². The fourth-order valence-corrected chi connectivity index (χ4v) is 5.82. The molecule has 2 fully saturated rings. The summed E-state index contributed by atoms with van der Waals surface area (Å²) in [5.74, 6) is -2.00. The van der Waals surface area contributed by atoms with Crippen LogP contribution >= 0.6 is 11.6 Å². The highest BCUT2D eigenvalue weighted by molar-refractivity contribution is 6.30. The number of carbonyl (C=O) groups excluding carboxylic acids is 3. The van der Waals surface area contributed by atoms with Gasteiger partial charge in [-0.2, -0.15) is 13.2 Å². The minimum Gasteiger partial charge on any atom is -0.322 e. The number of alkyl halides is 3. The Morgan fingerprint density at radius 3 is 2.43 bits per heavy atom. The lowest BCUT2D eigenvalue weighted by Crippen LogP contribution is -2.52. The van der Waals surface area contributed by atoms with Crippen LogP contribution in [0.25, 0.3) is 0 Å². The van der Waals surface area contributed by atoms with Crippen LogP contribution < -0.4 is 5.32 Å². The van der Waals surface area contributed by atoms with Crippen LogP contribution in [0.2, 0.25) is 5.02 Å². The van der Waals surface area contributed by atoms with E-state index in [0.29, 0.717) is 37.1 Å². The van der Waals surface area contributed by atoms with E-state index in [9.17, 15) is 31.9 Å². The van der Waals surface area contributed by atoms with Gasteiger partial charge in [0.1, 0.15) is 11.9 Å². The average molecular weight is 538 g/mol. The molecule has 1 unspecified atom stereocenters. The lowest BCUT2D eigenvalue weighted by Gasteiger charge is -2.33. The number of amides is 3. The van der Waals surface area contributed by atoms with Crippen LogP contribution in [0.4, 0.5) is 17.6 Å². The molecule has 3 amide bonds. The van der Waals surface area contributed by atoms with E-state index in [0.717, 1.165) is 6.07 Å². The Labute approximate surface area is 215 Å². The zero-order valence-corrected chi connectivity index (χ0v) is 20.5. The number of nitrogens with zero attached hydrogens (tertiary/aromatic N) is 2. The molecule has 11 heteroatoms. The van der Waals surface area contributed by atoms with Crippen LogP contribution in [0.1, 0.15) is 64.2 Å². The number of likely N-dealkylation sites (tertiary alicyclic amines) is 1. The van der Waals surface area contributed by atoms with E-state index in [-0.39, 0.29) is 53.9 Å². The second kappa shape index (κ2) is 9.72. The van der Waals surface area contributed by atoms with Crippen LogP contribution in [0.3, 0.4) is 0 Å². The molecule has 1 atom stereocenters. The standard InChI is InChI=1S/C26H24ClF4N3O3/c27-16-1-2-21(26(29,30)31)15(9-16)12-33-7-5-14(6-8-33)18-10-17(28)11-19-20(18)13-34(25(19)37)22-3-4-23(35)32-24(22)36/h1-2,9-11,14,22H,3-8,12-13H2,(H,32,35,36). The molecule has 0 aliphatic carbocycles. The van der Waals surface area contributed by atoms with Crippen LogP contribution in [0.15, 0.2) is 30.3 Å². The predicted octanol–water partition coefficient (Wildman–Crippen LogP) is 4.64. The summed E-state index contributed by atoms with van der Waals surface area (Å²) < 4.78 is 54.9. The third kappa shape index (κ3) is 5.09. The van der Waals surface area contributed by atoms with E-state index in [1.165, 1.54) is 29.2 Å². The van der Waals surface area contributed by atoms with Crippen molar-refractivity contribution in [3.05, 3.63) is 69.0 Å². The first-order valence-corrected chi connectivity index (χ1v) is 12.4. The lowest BCUT2D eigenvalue weighted by molar-refractivity contribution is -0.139. The normalized spacial score (nSPS) is 21.4. The molecule has 37 heavy (non-hydrogen) atoms. The van der Waals surface area contributed by atoms with E-state index in [2.05, 4.69) is 5.32 Å². The summed E-state index contributed by atoms with van der Waals surface area (Å²) in [5.41, 5.74) is 0.973. The fraction of sp³-hybridized carbons (Fsp3) is 0.423. The number of halogens is 5. The summed E-state index contributed by atoms with van der Waals surface area (Å²) >= 11 is 5.96. The van der Waals surface area contributed by atoms with Crippen molar-refractivity contribution >= 4 is 29.3 Å². The molecule has 3 heterocycles. The maximum atomic E-state index is 14.6. The molecule has 1 N–H and O–H groups in total. The molecule has 0 bridgehead atoms. The molecule has 0 saturated carbocycles. The summed E-state index contributed by atoms with van der Waals surface area (Å²) in [5, 5.41) is 2.49. The van der Waals surface area contributed by atoms with Gasteiger partial charge in [0.05, 0.1) is 5.56 Å². The molecule has 0 radical (unpaired) electrons. The molecule has 0 aromatic heterocycles. The van der Waals surface area contributed by atoms with E-state index in [1.807, 2.05) is 4.90 Å². The Morgan fingerprint density at radius 2 is 1.76 bits per heavy atom. The molecular weight excluding hydrogens is 514 g/mol. The van der Waals surface area contributed by atoms with Gasteiger partial charge in [-0.15, -0.1) is 0 Å². The summed E-state index contributed by atoms with van der Waals surface area (Å²) in [6.07, 6.45) is -3.00. The van der Waals surface area contributed by atoms with Crippen LogP contribution in [-0.4, -0.2) is 46.7 Å². The average Bonchev–Trinajstić information content (AvgIpc) is 3.14. The van der Waals surface area contributed by atoms with Gasteiger partial charge in [-0.3, -0.25) is 24.6 Å². The highest BCUT2D eigenvalue weighted by atomic mass is 35.5. The molecule has 3 aliphatic heterocycles. The Morgan fingerprint density at radius 1 is 1.03 bits per heavy atom. The Bertz CT molecular complexity index is 1270. The minimum atomic E-state index is -4.48. The number of benzene rings is 2. The molecule has 2 aromatic rings. The van der Waals surface area contributed by atoms with Crippen molar-refractivity contribution < 1.29 is 31.9 Å². The smallest absolute Gasteiger partial charge is 0.322 e. The second-order valence-corrected chi connectivity index (χ2v) is 10.2. The van der Waals surface area contributed by atoms with Crippen molar-refractivity contribution in [2.45, 2.75) is 56.9 Å². The van der Waals surface area contributed by atoms with E-state index in [1.54, 1.807) is 0 Å². The molecule has 3 aliphatic rings. The zero-order chi connectivity index (χ0) is 26.5. The predicted molar refractivity (Wildman–Crippen MR) is 126 cm³/mol. The number of carbonyl (C=O) groups is 3. The fourth-order valence-electron chi connectivity index (χ4n) is 5.63. The zero-order valence-electron chi connectivity index (χ0n) is 19.7. The first-order valence-electron chi connectivity index (χ1n) is 12.1. The quantitative estimate of drug-likeness (QED) is 0.456. The number of piperidine rings is 2. The van der Waals surface area contributed by atoms with Gasteiger partial charge in [0.15, 0.2) is 0 Å². The SMILES string of the molecule is O=C1CCC(N2Cc3c(cc(F)cc3C3CCN(Cc4cc(Cl)ccc4C(F)(F)F)CC3)C2=O)C(=O)N1. The first kappa shape index (κ1) is 25.7. The molecule has 196 valence electrons. The van der Waals surface area contributed by atoms with Crippen molar-refractivity contribution in [1.82, 2.24) is 15.1 Å². The summed E-state index contributed by atoms with van der Waals surface area (Å²) in [6, 6.07) is 5.36. The topological polar surface area (TPSA) is 69.7 Å². The molecule has 0 spiro atoms. The van der Waals surface area contributed by atoms with Crippen LogP contribution in [-0.2, 0) is 28.9 Å². The third-order valence-corrected chi connectivity index (χ3v) is 7.68. The van der Waals surface area contributed by atoms with Gasteiger partial charge >= 0.3 is 6.18 Å².